The van der Waals surface area contributed by atoms with Gasteiger partial charge in [-0.1, -0.05) is 18.2 Å². The van der Waals surface area contributed by atoms with E-state index in [1.807, 2.05) is 24.3 Å². The predicted octanol–water partition coefficient (Wildman–Crippen LogP) is 3.52. The molecule has 5 nitrogen and oxygen atoms in total. The second-order valence-electron chi connectivity index (χ2n) is 6.05. The molecule has 136 valence electrons. The van der Waals surface area contributed by atoms with Crippen molar-refractivity contribution in [3.63, 3.8) is 0 Å². The molecule has 0 atom stereocenters. The fourth-order valence-corrected chi connectivity index (χ4v) is 3.29. The average molecular weight is 362 g/mol. The number of ether oxygens (including phenoxy) is 3. The van der Waals surface area contributed by atoms with E-state index in [0.717, 1.165) is 16.3 Å². The molecule has 0 unspecified atom stereocenters. The molecule has 5 heteroatoms. The topological polar surface area (TPSA) is 57.9 Å². The molecular weight excluding hydrogens is 344 g/mol. The maximum absolute atomic E-state index is 13.0. The molecule has 0 saturated heterocycles. The van der Waals surface area contributed by atoms with Crippen LogP contribution in [0, 0.1) is 0 Å². The van der Waals surface area contributed by atoms with Gasteiger partial charge in [-0.05, 0) is 42.0 Å². The van der Waals surface area contributed by atoms with E-state index in [0.29, 0.717) is 28.2 Å². The van der Waals surface area contributed by atoms with Gasteiger partial charge in [-0.2, -0.15) is 0 Å². The molecule has 1 aromatic heterocycles. The van der Waals surface area contributed by atoms with E-state index < -0.39 is 0 Å². The van der Waals surface area contributed by atoms with Crippen LogP contribution >= 0.6 is 0 Å². The van der Waals surface area contributed by atoms with Gasteiger partial charge in [-0.3, -0.25) is 4.79 Å². The van der Waals surface area contributed by atoms with Gasteiger partial charge in [0.25, 0.3) is 0 Å². The smallest absolute Gasteiger partial charge is 0.228 e. The number of methoxy groups -OCH3 is 3. The zero-order chi connectivity index (χ0) is 19.0. The van der Waals surface area contributed by atoms with Gasteiger partial charge in [0.05, 0.1) is 21.3 Å². The third-order valence-corrected chi connectivity index (χ3v) is 4.58. The minimum atomic E-state index is -0.170. The van der Waals surface area contributed by atoms with Gasteiger partial charge in [0.15, 0.2) is 16.9 Å². The second kappa shape index (κ2) is 6.68. The zero-order valence-corrected chi connectivity index (χ0v) is 15.2. The molecule has 0 fully saturated rings. The van der Waals surface area contributed by atoms with Crippen LogP contribution in [0.15, 0.2) is 57.7 Å². The molecule has 0 saturated carbocycles. The third-order valence-electron chi connectivity index (χ3n) is 4.58. The van der Waals surface area contributed by atoms with Crippen LogP contribution in [0.5, 0.6) is 17.2 Å². The van der Waals surface area contributed by atoms with Gasteiger partial charge < -0.3 is 18.6 Å². The van der Waals surface area contributed by atoms with Gasteiger partial charge in [-0.15, -0.1) is 0 Å². The Morgan fingerprint density at radius 3 is 2.30 bits per heavy atom. The fraction of sp³-hybridized carbons (Fsp3) is 0.136. The molecule has 0 aliphatic heterocycles. The maximum Gasteiger partial charge on any atom is 0.228 e. The van der Waals surface area contributed by atoms with Crippen LogP contribution in [-0.2, 0) is 0 Å². The van der Waals surface area contributed by atoms with Crippen LogP contribution in [0.4, 0.5) is 0 Å². The lowest BCUT2D eigenvalue weighted by molar-refractivity contribution is 0.355. The van der Waals surface area contributed by atoms with Crippen molar-refractivity contribution >= 4 is 27.8 Å². The summed E-state index contributed by atoms with van der Waals surface area (Å²) in [6.45, 7) is 0. The van der Waals surface area contributed by atoms with Crippen LogP contribution in [0.2, 0.25) is 0 Å². The van der Waals surface area contributed by atoms with E-state index >= 15 is 0 Å². The Kier molecular flexibility index (Phi) is 4.20. The Morgan fingerprint density at radius 2 is 1.56 bits per heavy atom. The first-order valence-corrected chi connectivity index (χ1v) is 8.42. The number of benzene rings is 3. The average Bonchev–Trinajstić information content (AvgIpc) is 2.71. The highest BCUT2D eigenvalue weighted by Crippen LogP contribution is 2.31. The summed E-state index contributed by atoms with van der Waals surface area (Å²) in [7, 11) is 4.76. The Hall–Kier alpha value is -3.47. The number of hydrogen-bond acceptors (Lipinski definition) is 5. The summed E-state index contributed by atoms with van der Waals surface area (Å²) in [6.07, 6.45) is 1.70. The molecule has 0 aliphatic carbocycles. The molecule has 0 bridgehead atoms. The molecule has 4 rings (SSSR count). The first-order chi connectivity index (χ1) is 13.2. The lowest BCUT2D eigenvalue weighted by atomic mass is 10.0. The van der Waals surface area contributed by atoms with Crippen molar-refractivity contribution in [3.05, 3.63) is 69.7 Å². The number of rotatable bonds is 4. The molecule has 0 radical (unpaired) electrons. The lowest BCUT2D eigenvalue weighted by Gasteiger charge is -2.09. The van der Waals surface area contributed by atoms with E-state index in [1.165, 1.54) is 0 Å². The van der Waals surface area contributed by atoms with Crippen molar-refractivity contribution in [1.29, 1.82) is 0 Å². The van der Waals surface area contributed by atoms with Gasteiger partial charge in [0, 0.05) is 16.2 Å². The highest BCUT2D eigenvalue weighted by molar-refractivity contribution is 6.09. The molecule has 0 N–H and O–H groups in total. The Bertz CT molecular complexity index is 1250. The van der Waals surface area contributed by atoms with Crippen LogP contribution < -0.4 is 25.1 Å². The molecule has 4 aromatic rings. The monoisotopic (exact) mass is 362 g/mol. The van der Waals surface area contributed by atoms with E-state index in [-0.39, 0.29) is 10.8 Å². The molecule has 0 spiro atoms. The van der Waals surface area contributed by atoms with Crippen LogP contribution in [0.3, 0.4) is 0 Å². The van der Waals surface area contributed by atoms with Crippen LogP contribution in [0.1, 0.15) is 5.56 Å². The summed E-state index contributed by atoms with van der Waals surface area (Å²) >= 11 is 0. The summed E-state index contributed by atoms with van der Waals surface area (Å²) in [5, 5.41) is 2.22. The van der Waals surface area contributed by atoms with Crippen molar-refractivity contribution in [3.8, 4) is 17.2 Å². The predicted molar refractivity (Wildman–Crippen MR) is 105 cm³/mol. The molecular formula is C22H18O5. The molecule has 27 heavy (non-hydrogen) atoms. The standard InChI is InChI=1S/C22H18O5/c1-24-16-10-8-15-21-14(16)5-4-6-18(21)27-20(22(15)23)12-13-7-9-17(25-2)19(11-13)26-3/h4-12H,1-3H3/b20-12+. The summed E-state index contributed by atoms with van der Waals surface area (Å²) in [4.78, 5) is 13.0. The zero-order valence-electron chi connectivity index (χ0n) is 15.2. The molecule has 1 heterocycles. The van der Waals surface area contributed by atoms with E-state index in [1.54, 1.807) is 51.7 Å². The molecule has 0 aliphatic rings. The Labute approximate surface area is 155 Å². The number of hydrogen-bond donors (Lipinski definition) is 0. The van der Waals surface area contributed by atoms with Gasteiger partial charge in [0.1, 0.15) is 11.3 Å². The Balaban J connectivity index is 2.00. The fourth-order valence-electron chi connectivity index (χ4n) is 3.29. The third kappa shape index (κ3) is 2.77. The summed E-state index contributed by atoms with van der Waals surface area (Å²) in [5.74, 6) is 1.92. The summed E-state index contributed by atoms with van der Waals surface area (Å²) in [5.41, 5.74) is 1.50. The minimum absolute atomic E-state index is 0.170. The van der Waals surface area contributed by atoms with Gasteiger partial charge in [0.2, 0.25) is 5.43 Å². The van der Waals surface area contributed by atoms with Crippen molar-refractivity contribution in [2.45, 2.75) is 0 Å². The minimum Gasteiger partial charge on any atom is -0.496 e. The highest BCUT2D eigenvalue weighted by atomic mass is 16.5. The van der Waals surface area contributed by atoms with E-state index in [9.17, 15) is 4.79 Å². The van der Waals surface area contributed by atoms with E-state index in [2.05, 4.69) is 0 Å². The quantitative estimate of drug-likeness (QED) is 0.556. The normalized spacial score (nSPS) is 11.9. The maximum atomic E-state index is 13.0. The van der Waals surface area contributed by atoms with Gasteiger partial charge in [-0.25, -0.2) is 0 Å². The second-order valence-corrected chi connectivity index (χ2v) is 6.05. The first-order valence-electron chi connectivity index (χ1n) is 8.42. The van der Waals surface area contributed by atoms with Crippen LogP contribution in [-0.4, -0.2) is 21.3 Å². The SMILES string of the molecule is COc1ccc(/C=c2/oc3cccc4c(OC)ccc(c2=O)c34)cc1OC. The summed E-state index contributed by atoms with van der Waals surface area (Å²) in [6, 6.07) is 14.7. The lowest BCUT2D eigenvalue weighted by Crippen LogP contribution is -2.24. The van der Waals surface area contributed by atoms with Crippen molar-refractivity contribution in [1.82, 2.24) is 0 Å². The van der Waals surface area contributed by atoms with Crippen LogP contribution in [0.25, 0.3) is 27.8 Å². The van der Waals surface area contributed by atoms with Crippen molar-refractivity contribution in [2.75, 3.05) is 21.3 Å². The largest absolute Gasteiger partial charge is 0.496 e. The van der Waals surface area contributed by atoms with E-state index in [4.69, 9.17) is 18.6 Å². The van der Waals surface area contributed by atoms with Crippen molar-refractivity contribution < 1.29 is 18.6 Å². The Morgan fingerprint density at radius 1 is 0.815 bits per heavy atom. The highest BCUT2D eigenvalue weighted by Gasteiger charge is 2.12. The first kappa shape index (κ1) is 17.0. The summed E-state index contributed by atoms with van der Waals surface area (Å²) < 4.78 is 21.9. The molecule has 3 aromatic carbocycles. The van der Waals surface area contributed by atoms with Gasteiger partial charge >= 0.3 is 0 Å². The van der Waals surface area contributed by atoms with Crippen molar-refractivity contribution in [2.24, 2.45) is 0 Å². The molecule has 0 amide bonds.